The summed E-state index contributed by atoms with van der Waals surface area (Å²) in [6.07, 6.45) is 4.42. The minimum absolute atomic E-state index is 0.796. The molecule has 3 heterocycles. The van der Waals surface area contributed by atoms with E-state index in [0.29, 0.717) is 0 Å². The van der Waals surface area contributed by atoms with Gasteiger partial charge in [0.25, 0.3) is 0 Å². The molecule has 3 rings (SSSR count). The average Bonchev–Trinajstić information content (AvgIpc) is 2.82. The Morgan fingerprint density at radius 1 is 1.10 bits per heavy atom. The summed E-state index contributed by atoms with van der Waals surface area (Å²) in [5.41, 5.74) is 8.01. The maximum Gasteiger partial charge on any atom is 0.225 e. The second-order valence-corrected chi connectivity index (χ2v) is 5.18. The average molecular weight is 287 g/mol. The monoisotopic (exact) mass is 287 g/mol. The molecule has 1 aliphatic rings. The second-order valence-electron chi connectivity index (χ2n) is 5.18. The lowest BCUT2D eigenvalue weighted by molar-refractivity contribution is 0.614. The van der Waals surface area contributed by atoms with Crippen LogP contribution >= 0.6 is 0 Å². The van der Waals surface area contributed by atoms with E-state index in [2.05, 4.69) is 31.8 Å². The molecule has 2 aromatic rings. The Labute approximate surface area is 124 Å². The number of aromatic nitrogens is 4. The van der Waals surface area contributed by atoms with Crippen LogP contribution in [0.1, 0.15) is 12.6 Å². The Balaban J connectivity index is 1.73. The van der Waals surface area contributed by atoms with Gasteiger partial charge in [-0.2, -0.15) is 5.10 Å². The number of nitrogens with zero attached hydrogens (tertiary/aromatic N) is 6. The molecule has 1 aliphatic heterocycles. The number of aryl methyl sites for hydroxylation is 2. The number of nitrogen functional groups attached to an aromatic ring is 1. The van der Waals surface area contributed by atoms with Crippen LogP contribution in [0.25, 0.3) is 0 Å². The van der Waals surface area contributed by atoms with Crippen molar-refractivity contribution < 1.29 is 0 Å². The molecule has 0 unspecified atom stereocenters. The van der Waals surface area contributed by atoms with Gasteiger partial charge in [-0.25, -0.2) is 9.97 Å². The molecule has 1 fully saturated rings. The van der Waals surface area contributed by atoms with E-state index >= 15 is 0 Å². The summed E-state index contributed by atoms with van der Waals surface area (Å²) in [7, 11) is 1.96. The minimum atomic E-state index is 0.796. The molecule has 7 heteroatoms. The van der Waals surface area contributed by atoms with Crippen molar-refractivity contribution in [3.63, 3.8) is 0 Å². The first-order valence-corrected chi connectivity index (χ1v) is 7.29. The van der Waals surface area contributed by atoms with Gasteiger partial charge in [-0.1, -0.05) is 6.92 Å². The van der Waals surface area contributed by atoms with E-state index in [1.165, 1.54) is 0 Å². The fraction of sp³-hybridized carbons (Fsp3) is 0.500. The van der Waals surface area contributed by atoms with E-state index in [1.54, 1.807) is 12.4 Å². The molecule has 0 atom stereocenters. The summed E-state index contributed by atoms with van der Waals surface area (Å²) >= 11 is 0. The quantitative estimate of drug-likeness (QED) is 0.894. The lowest BCUT2D eigenvalue weighted by Crippen LogP contribution is -2.47. The van der Waals surface area contributed by atoms with Gasteiger partial charge in [0.05, 0.1) is 11.4 Å². The van der Waals surface area contributed by atoms with E-state index in [-0.39, 0.29) is 0 Å². The number of hydrogen-bond donors (Lipinski definition) is 1. The van der Waals surface area contributed by atoms with Crippen molar-refractivity contribution in [2.75, 3.05) is 41.7 Å². The van der Waals surface area contributed by atoms with Gasteiger partial charge in [0.2, 0.25) is 5.95 Å². The standard InChI is InChI=1S/C14H21N7/c1-3-11-12(15)13(19(2)18-11)20-7-9-21(10-8-20)14-16-5-4-6-17-14/h4-6H,3,7-10,15H2,1-2H3. The zero-order valence-electron chi connectivity index (χ0n) is 12.5. The van der Waals surface area contributed by atoms with Crippen molar-refractivity contribution in [1.82, 2.24) is 19.7 Å². The zero-order valence-corrected chi connectivity index (χ0v) is 12.5. The van der Waals surface area contributed by atoms with Gasteiger partial charge >= 0.3 is 0 Å². The third kappa shape index (κ3) is 2.51. The van der Waals surface area contributed by atoms with Crippen molar-refractivity contribution in [3.8, 4) is 0 Å². The van der Waals surface area contributed by atoms with Crippen LogP contribution in [0, 0.1) is 0 Å². The van der Waals surface area contributed by atoms with Crippen LogP contribution in [0.2, 0.25) is 0 Å². The molecule has 0 spiro atoms. The molecule has 0 bridgehead atoms. The van der Waals surface area contributed by atoms with E-state index in [0.717, 1.165) is 55.7 Å². The van der Waals surface area contributed by atoms with Gasteiger partial charge in [0.1, 0.15) is 0 Å². The Kier molecular flexibility index (Phi) is 3.64. The molecule has 0 aliphatic carbocycles. The van der Waals surface area contributed by atoms with Gasteiger partial charge in [0, 0.05) is 45.6 Å². The molecule has 112 valence electrons. The van der Waals surface area contributed by atoms with E-state index < -0.39 is 0 Å². The van der Waals surface area contributed by atoms with Crippen molar-refractivity contribution in [2.45, 2.75) is 13.3 Å². The van der Waals surface area contributed by atoms with Crippen LogP contribution in [0.3, 0.4) is 0 Å². The fourth-order valence-electron chi connectivity index (χ4n) is 2.79. The smallest absolute Gasteiger partial charge is 0.225 e. The third-order valence-corrected chi connectivity index (χ3v) is 3.88. The van der Waals surface area contributed by atoms with Gasteiger partial charge in [0.15, 0.2) is 5.82 Å². The molecule has 0 saturated carbocycles. The summed E-state index contributed by atoms with van der Waals surface area (Å²) < 4.78 is 1.89. The normalized spacial score (nSPS) is 15.5. The lowest BCUT2D eigenvalue weighted by Gasteiger charge is -2.35. The molecule has 21 heavy (non-hydrogen) atoms. The molecule has 0 aromatic carbocycles. The molecule has 0 radical (unpaired) electrons. The highest BCUT2D eigenvalue weighted by atomic mass is 15.4. The summed E-state index contributed by atoms with van der Waals surface area (Å²) in [6.45, 7) is 5.63. The Morgan fingerprint density at radius 2 is 1.71 bits per heavy atom. The zero-order chi connectivity index (χ0) is 14.8. The first-order chi connectivity index (χ1) is 10.2. The highest BCUT2D eigenvalue weighted by Gasteiger charge is 2.24. The van der Waals surface area contributed by atoms with Crippen LogP contribution in [0.5, 0.6) is 0 Å². The molecule has 7 nitrogen and oxygen atoms in total. The topological polar surface area (TPSA) is 76.1 Å². The van der Waals surface area contributed by atoms with Gasteiger partial charge < -0.3 is 15.5 Å². The van der Waals surface area contributed by atoms with Crippen LogP contribution in [0.15, 0.2) is 18.5 Å². The highest BCUT2D eigenvalue weighted by Crippen LogP contribution is 2.27. The predicted molar refractivity (Wildman–Crippen MR) is 83.5 cm³/mol. The molecule has 1 saturated heterocycles. The first kappa shape index (κ1) is 13.7. The van der Waals surface area contributed by atoms with Crippen molar-refractivity contribution in [1.29, 1.82) is 0 Å². The number of rotatable bonds is 3. The van der Waals surface area contributed by atoms with E-state index in [4.69, 9.17) is 5.73 Å². The molecule has 2 aromatic heterocycles. The minimum Gasteiger partial charge on any atom is -0.394 e. The van der Waals surface area contributed by atoms with Crippen molar-refractivity contribution in [2.24, 2.45) is 7.05 Å². The summed E-state index contributed by atoms with van der Waals surface area (Å²) in [6, 6.07) is 1.84. The van der Waals surface area contributed by atoms with E-state index in [1.807, 2.05) is 17.8 Å². The van der Waals surface area contributed by atoms with Gasteiger partial charge in [-0.05, 0) is 12.5 Å². The molecular weight excluding hydrogens is 266 g/mol. The molecule has 2 N–H and O–H groups in total. The summed E-state index contributed by atoms with van der Waals surface area (Å²) in [4.78, 5) is 13.1. The fourth-order valence-corrected chi connectivity index (χ4v) is 2.79. The van der Waals surface area contributed by atoms with Crippen LogP contribution in [-0.4, -0.2) is 45.9 Å². The Morgan fingerprint density at radius 3 is 2.29 bits per heavy atom. The third-order valence-electron chi connectivity index (χ3n) is 3.88. The number of anilines is 3. The van der Waals surface area contributed by atoms with Gasteiger partial charge in [-0.3, -0.25) is 4.68 Å². The van der Waals surface area contributed by atoms with Gasteiger partial charge in [-0.15, -0.1) is 0 Å². The molecular formula is C14H21N7. The van der Waals surface area contributed by atoms with Crippen LogP contribution in [-0.2, 0) is 13.5 Å². The summed E-state index contributed by atoms with van der Waals surface area (Å²) in [5.74, 6) is 1.82. The Bertz CT molecular complexity index is 599. The Hall–Kier alpha value is -2.31. The maximum atomic E-state index is 6.23. The largest absolute Gasteiger partial charge is 0.394 e. The highest BCUT2D eigenvalue weighted by molar-refractivity contribution is 5.67. The van der Waals surface area contributed by atoms with Crippen molar-refractivity contribution >= 4 is 17.5 Å². The number of nitrogens with two attached hydrogens (primary N) is 1. The lowest BCUT2D eigenvalue weighted by atomic mass is 10.2. The number of hydrogen-bond acceptors (Lipinski definition) is 6. The summed E-state index contributed by atoms with van der Waals surface area (Å²) in [5, 5.41) is 4.49. The SMILES string of the molecule is CCc1nn(C)c(N2CCN(c3ncccn3)CC2)c1N. The van der Waals surface area contributed by atoms with Crippen molar-refractivity contribution in [3.05, 3.63) is 24.2 Å². The first-order valence-electron chi connectivity index (χ1n) is 7.29. The molecule has 0 amide bonds. The van der Waals surface area contributed by atoms with Crippen LogP contribution in [0.4, 0.5) is 17.5 Å². The number of piperazine rings is 1. The van der Waals surface area contributed by atoms with Crippen LogP contribution < -0.4 is 15.5 Å². The maximum absolute atomic E-state index is 6.23. The second kappa shape index (κ2) is 5.59. The predicted octanol–water partition coefficient (Wildman–Crippen LogP) is 0.681. The van der Waals surface area contributed by atoms with E-state index in [9.17, 15) is 0 Å².